The van der Waals surface area contributed by atoms with E-state index in [-0.39, 0.29) is 17.4 Å². The number of benzene rings is 1. The third-order valence-corrected chi connectivity index (χ3v) is 2.77. The summed E-state index contributed by atoms with van der Waals surface area (Å²) in [6, 6.07) is 4.89. The third-order valence-electron chi connectivity index (χ3n) is 2.77. The maximum Gasteiger partial charge on any atom is 0.336 e. The van der Waals surface area contributed by atoms with Crippen LogP contribution in [0.5, 0.6) is 0 Å². The fourth-order valence-corrected chi connectivity index (χ4v) is 1.58. The van der Waals surface area contributed by atoms with Gasteiger partial charge in [-0.2, -0.15) is 0 Å². The molecule has 1 aliphatic carbocycles. The molecular weight excluding hydrogens is 206 g/mol. The third kappa shape index (κ3) is 2.05. The van der Waals surface area contributed by atoms with Crippen LogP contribution < -0.4 is 5.32 Å². The van der Waals surface area contributed by atoms with Gasteiger partial charge in [0.1, 0.15) is 0 Å². The average Bonchev–Trinajstić information content (AvgIpc) is 3.03. The van der Waals surface area contributed by atoms with Gasteiger partial charge in [-0.15, -0.1) is 0 Å². The highest BCUT2D eigenvalue weighted by molar-refractivity contribution is 5.97. The van der Waals surface area contributed by atoms with Crippen molar-refractivity contribution in [2.45, 2.75) is 19.8 Å². The molecule has 2 N–H and O–H groups in total. The number of hydrogen-bond acceptors (Lipinski definition) is 2. The minimum Gasteiger partial charge on any atom is -0.478 e. The van der Waals surface area contributed by atoms with E-state index < -0.39 is 5.97 Å². The highest BCUT2D eigenvalue weighted by Crippen LogP contribution is 2.31. The molecule has 84 valence electrons. The number of nitrogens with one attached hydrogen (secondary N) is 1. The van der Waals surface area contributed by atoms with Gasteiger partial charge in [-0.3, -0.25) is 4.79 Å². The average molecular weight is 219 g/mol. The molecule has 0 radical (unpaired) electrons. The van der Waals surface area contributed by atoms with E-state index in [9.17, 15) is 9.59 Å². The van der Waals surface area contributed by atoms with E-state index in [0.717, 1.165) is 12.8 Å². The van der Waals surface area contributed by atoms with Gasteiger partial charge in [-0.25, -0.2) is 4.79 Å². The Morgan fingerprint density at radius 2 is 2.06 bits per heavy atom. The first-order valence-corrected chi connectivity index (χ1v) is 5.23. The van der Waals surface area contributed by atoms with E-state index in [4.69, 9.17) is 5.11 Å². The normalized spacial score (nSPS) is 14.6. The topological polar surface area (TPSA) is 66.4 Å². The van der Waals surface area contributed by atoms with E-state index in [2.05, 4.69) is 5.32 Å². The zero-order valence-corrected chi connectivity index (χ0v) is 8.99. The molecule has 1 aliphatic rings. The summed E-state index contributed by atoms with van der Waals surface area (Å²) in [7, 11) is 0. The lowest BCUT2D eigenvalue weighted by molar-refractivity contribution is -0.117. The van der Waals surface area contributed by atoms with Crippen molar-refractivity contribution in [3.63, 3.8) is 0 Å². The Labute approximate surface area is 93.3 Å². The number of hydrogen-bond donors (Lipinski definition) is 2. The van der Waals surface area contributed by atoms with Crippen LogP contribution in [0.15, 0.2) is 18.2 Å². The highest BCUT2D eigenvalue weighted by atomic mass is 16.4. The molecule has 1 amide bonds. The molecule has 0 unspecified atom stereocenters. The molecule has 4 heteroatoms. The summed E-state index contributed by atoms with van der Waals surface area (Å²) in [5, 5.41) is 11.7. The molecule has 4 nitrogen and oxygen atoms in total. The quantitative estimate of drug-likeness (QED) is 0.817. The minimum atomic E-state index is -0.972. The van der Waals surface area contributed by atoms with Gasteiger partial charge in [-0.1, -0.05) is 6.07 Å². The second-order valence-corrected chi connectivity index (χ2v) is 4.05. The molecule has 0 aromatic heterocycles. The monoisotopic (exact) mass is 219 g/mol. The summed E-state index contributed by atoms with van der Waals surface area (Å²) in [6.45, 7) is 1.70. The van der Waals surface area contributed by atoms with E-state index in [1.807, 2.05) is 0 Å². The van der Waals surface area contributed by atoms with E-state index in [1.165, 1.54) is 6.07 Å². The minimum absolute atomic E-state index is 0.00867. The first-order chi connectivity index (χ1) is 7.59. The summed E-state index contributed by atoms with van der Waals surface area (Å²) in [4.78, 5) is 22.4. The van der Waals surface area contributed by atoms with E-state index in [1.54, 1.807) is 19.1 Å². The van der Waals surface area contributed by atoms with Crippen molar-refractivity contribution in [2.75, 3.05) is 5.32 Å². The molecule has 1 fully saturated rings. The van der Waals surface area contributed by atoms with Gasteiger partial charge >= 0.3 is 5.97 Å². The molecule has 0 heterocycles. The van der Waals surface area contributed by atoms with Gasteiger partial charge in [0.15, 0.2) is 0 Å². The standard InChI is InChI=1S/C12H13NO3/c1-7-9(12(15)16)3-2-4-10(7)13-11(14)8-5-6-8/h2-4,8H,5-6H2,1H3,(H,13,14)(H,15,16). The van der Waals surface area contributed by atoms with Gasteiger partial charge in [0.25, 0.3) is 0 Å². The van der Waals surface area contributed by atoms with Crippen LogP contribution >= 0.6 is 0 Å². The first kappa shape index (κ1) is 10.7. The molecule has 1 saturated carbocycles. The van der Waals surface area contributed by atoms with Crippen LogP contribution in [0, 0.1) is 12.8 Å². The Bertz CT molecular complexity index is 450. The lowest BCUT2D eigenvalue weighted by Gasteiger charge is -2.09. The molecule has 0 saturated heterocycles. The SMILES string of the molecule is Cc1c(NC(=O)C2CC2)cccc1C(=O)O. The van der Waals surface area contributed by atoms with Crippen LogP contribution in [0.25, 0.3) is 0 Å². The summed E-state index contributed by atoms with van der Waals surface area (Å²) in [6.07, 6.45) is 1.87. The highest BCUT2D eigenvalue weighted by Gasteiger charge is 2.29. The fraction of sp³-hybridized carbons (Fsp3) is 0.333. The molecular formula is C12H13NO3. The fourth-order valence-electron chi connectivity index (χ4n) is 1.58. The zero-order chi connectivity index (χ0) is 11.7. The van der Waals surface area contributed by atoms with Crippen molar-refractivity contribution < 1.29 is 14.7 Å². The number of carbonyl (C=O) groups is 2. The van der Waals surface area contributed by atoms with Gasteiger partial charge in [0.05, 0.1) is 5.56 Å². The Kier molecular flexibility index (Phi) is 2.64. The number of carboxylic acids is 1. The van der Waals surface area contributed by atoms with Crippen LogP contribution in [0.1, 0.15) is 28.8 Å². The van der Waals surface area contributed by atoms with Crippen LogP contribution in [0.3, 0.4) is 0 Å². The van der Waals surface area contributed by atoms with Gasteiger partial charge in [0, 0.05) is 11.6 Å². The number of carbonyl (C=O) groups excluding carboxylic acids is 1. The maximum absolute atomic E-state index is 11.5. The molecule has 0 spiro atoms. The second kappa shape index (κ2) is 3.96. The number of rotatable bonds is 3. The largest absolute Gasteiger partial charge is 0.478 e. The zero-order valence-electron chi connectivity index (χ0n) is 8.99. The van der Waals surface area contributed by atoms with E-state index in [0.29, 0.717) is 11.3 Å². The summed E-state index contributed by atoms with van der Waals surface area (Å²) in [5.74, 6) is -0.862. The maximum atomic E-state index is 11.5. The van der Waals surface area contributed by atoms with Crippen molar-refractivity contribution in [2.24, 2.45) is 5.92 Å². The number of carboxylic acid groups (broad SMARTS) is 1. The van der Waals surface area contributed by atoms with Crippen molar-refractivity contribution in [1.29, 1.82) is 0 Å². The Morgan fingerprint density at radius 1 is 1.38 bits per heavy atom. The Morgan fingerprint density at radius 3 is 2.62 bits per heavy atom. The number of anilines is 1. The molecule has 1 aromatic rings. The molecule has 2 rings (SSSR count). The van der Waals surface area contributed by atoms with Crippen molar-refractivity contribution in [3.8, 4) is 0 Å². The Hall–Kier alpha value is -1.84. The van der Waals surface area contributed by atoms with Crippen molar-refractivity contribution in [3.05, 3.63) is 29.3 Å². The number of amides is 1. The van der Waals surface area contributed by atoms with Gasteiger partial charge in [0.2, 0.25) is 5.91 Å². The van der Waals surface area contributed by atoms with E-state index >= 15 is 0 Å². The first-order valence-electron chi connectivity index (χ1n) is 5.23. The predicted octanol–water partition coefficient (Wildman–Crippen LogP) is 2.04. The smallest absolute Gasteiger partial charge is 0.336 e. The second-order valence-electron chi connectivity index (χ2n) is 4.05. The van der Waals surface area contributed by atoms with Gasteiger partial charge in [-0.05, 0) is 37.5 Å². The molecule has 0 atom stereocenters. The summed E-state index contributed by atoms with van der Waals surface area (Å²) in [5.41, 5.74) is 1.43. The van der Waals surface area contributed by atoms with Gasteiger partial charge < -0.3 is 10.4 Å². The lowest BCUT2D eigenvalue weighted by Crippen LogP contribution is -2.15. The summed E-state index contributed by atoms with van der Waals surface area (Å²) >= 11 is 0. The van der Waals surface area contributed by atoms with Crippen LogP contribution in [0.4, 0.5) is 5.69 Å². The van der Waals surface area contributed by atoms with Crippen molar-refractivity contribution in [1.82, 2.24) is 0 Å². The van der Waals surface area contributed by atoms with Crippen LogP contribution in [-0.2, 0) is 4.79 Å². The Balaban J connectivity index is 2.23. The lowest BCUT2D eigenvalue weighted by atomic mass is 10.1. The van der Waals surface area contributed by atoms with Crippen LogP contribution in [0.2, 0.25) is 0 Å². The molecule has 1 aromatic carbocycles. The number of aromatic carboxylic acids is 1. The molecule has 0 aliphatic heterocycles. The van der Waals surface area contributed by atoms with Crippen molar-refractivity contribution >= 4 is 17.6 Å². The predicted molar refractivity (Wildman–Crippen MR) is 59.5 cm³/mol. The summed E-state index contributed by atoms with van der Waals surface area (Å²) < 4.78 is 0. The van der Waals surface area contributed by atoms with Crippen LogP contribution in [-0.4, -0.2) is 17.0 Å². The molecule has 0 bridgehead atoms. The molecule has 16 heavy (non-hydrogen) atoms.